The van der Waals surface area contributed by atoms with E-state index < -0.39 is 0 Å². The molecule has 0 aliphatic heterocycles. The van der Waals surface area contributed by atoms with Crippen molar-refractivity contribution in [1.29, 1.82) is 0 Å². The minimum atomic E-state index is 0.616. The Morgan fingerprint density at radius 3 is 2.57 bits per heavy atom. The molecule has 0 nitrogen and oxygen atoms in total. The second-order valence-corrected chi connectivity index (χ2v) is 4.51. The van der Waals surface area contributed by atoms with Gasteiger partial charge in [-0.15, -0.1) is 11.6 Å². The first-order valence-electron chi connectivity index (χ1n) is 5.30. The summed E-state index contributed by atoms with van der Waals surface area (Å²) in [5.74, 6) is 1.37. The molecule has 0 N–H and O–H groups in total. The Hall–Kier alpha value is -0.490. The molecule has 14 heavy (non-hydrogen) atoms. The molecule has 78 valence electrons. The van der Waals surface area contributed by atoms with Crippen molar-refractivity contribution in [3.8, 4) is 0 Å². The van der Waals surface area contributed by atoms with Gasteiger partial charge >= 0.3 is 0 Å². The van der Waals surface area contributed by atoms with Crippen molar-refractivity contribution in [2.45, 2.75) is 39.5 Å². The minimum Gasteiger partial charge on any atom is -0.127 e. The van der Waals surface area contributed by atoms with Crippen LogP contribution < -0.4 is 0 Å². The topological polar surface area (TPSA) is 0 Å². The van der Waals surface area contributed by atoms with Gasteiger partial charge in [0.2, 0.25) is 0 Å². The standard InChI is InChI=1S/C13H19Cl/c1-10(2)12-7-6-11(3)13(9-12)5-4-8-14/h6-7,9-10H,4-5,8H2,1-3H3. The van der Waals surface area contributed by atoms with E-state index in [0.717, 1.165) is 18.7 Å². The third-order valence-electron chi connectivity index (χ3n) is 2.62. The molecule has 0 fully saturated rings. The fourth-order valence-corrected chi connectivity index (χ4v) is 1.71. The summed E-state index contributed by atoms with van der Waals surface area (Å²) in [6, 6.07) is 6.77. The Morgan fingerprint density at radius 1 is 1.29 bits per heavy atom. The van der Waals surface area contributed by atoms with Crippen molar-refractivity contribution in [3.05, 3.63) is 34.9 Å². The molecule has 0 atom stereocenters. The van der Waals surface area contributed by atoms with Crippen LogP contribution in [0.25, 0.3) is 0 Å². The van der Waals surface area contributed by atoms with E-state index in [0.29, 0.717) is 5.92 Å². The molecule has 1 heteroatoms. The van der Waals surface area contributed by atoms with Gasteiger partial charge in [-0.2, -0.15) is 0 Å². The molecule has 0 unspecified atom stereocenters. The average Bonchev–Trinajstić information content (AvgIpc) is 2.16. The molecule has 0 amide bonds. The summed E-state index contributed by atoms with van der Waals surface area (Å²) >= 11 is 5.71. The zero-order valence-electron chi connectivity index (χ0n) is 9.31. The highest BCUT2D eigenvalue weighted by molar-refractivity contribution is 6.17. The fraction of sp³-hybridized carbons (Fsp3) is 0.538. The molecule has 0 bridgehead atoms. The van der Waals surface area contributed by atoms with Crippen LogP contribution in [0.2, 0.25) is 0 Å². The Balaban J connectivity index is 2.85. The van der Waals surface area contributed by atoms with E-state index in [9.17, 15) is 0 Å². The largest absolute Gasteiger partial charge is 0.127 e. The van der Waals surface area contributed by atoms with Gasteiger partial charge in [0, 0.05) is 5.88 Å². The number of hydrogen-bond donors (Lipinski definition) is 0. The van der Waals surface area contributed by atoms with Crippen LogP contribution in [0.1, 0.15) is 42.9 Å². The van der Waals surface area contributed by atoms with Crippen LogP contribution in [0, 0.1) is 6.92 Å². The summed E-state index contributed by atoms with van der Waals surface area (Å²) in [6.07, 6.45) is 2.18. The number of aryl methyl sites for hydroxylation is 2. The predicted octanol–water partition coefficient (Wildman–Crippen LogP) is 4.29. The van der Waals surface area contributed by atoms with Crippen molar-refractivity contribution in [3.63, 3.8) is 0 Å². The molecular weight excluding hydrogens is 192 g/mol. The Morgan fingerprint density at radius 2 is 2.00 bits per heavy atom. The van der Waals surface area contributed by atoms with Crippen molar-refractivity contribution in [2.75, 3.05) is 5.88 Å². The van der Waals surface area contributed by atoms with E-state index in [4.69, 9.17) is 11.6 Å². The summed E-state index contributed by atoms with van der Waals surface area (Å²) in [7, 11) is 0. The lowest BCUT2D eigenvalue weighted by Crippen LogP contribution is -1.95. The lowest BCUT2D eigenvalue weighted by molar-refractivity contribution is 0.851. The van der Waals surface area contributed by atoms with Gasteiger partial charge in [0.1, 0.15) is 0 Å². The molecule has 0 saturated carbocycles. The summed E-state index contributed by atoms with van der Waals surface area (Å²) < 4.78 is 0. The van der Waals surface area contributed by atoms with Gasteiger partial charge in [0.05, 0.1) is 0 Å². The summed E-state index contributed by atoms with van der Waals surface area (Å²) in [5, 5.41) is 0. The zero-order valence-corrected chi connectivity index (χ0v) is 10.1. The van der Waals surface area contributed by atoms with E-state index in [2.05, 4.69) is 39.0 Å². The van der Waals surface area contributed by atoms with Gasteiger partial charge in [-0.25, -0.2) is 0 Å². The third-order valence-corrected chi connectivity index (χ3v) is 2.89. The molecule has 0 saturated heterocycles. The first kappa shape index (κ1) is 11.6. The maximum atomic E-state index is 5.71. The highest BCUT2D eigenvalue weighted by Crippen LogP contribution is 2.19. The number of hydrogen-bond acceptors (Lipinski definition) is 0. The van der Waals surface area contributed by atoms with Crippen LogP contribution in [0.3, 0.4) is 0 Å². The van der Waals surface area contributed by atoms with Crippen LogP contribution in [-0.2, 0) is 6.42 Å². The van der Waals surface area contributed by atoms with Crippen molar-refractivity contribution < 1.29 is 0 Å². The van der Waals surface area contributed by atoms with E-state index in [1.807, 2.05) is 0 Å². The van der Waals surface area contributed by atoms with Crippen molar-refractivity contribution >= 4 is 11.6 Å². The maximum Gasteiger partial charge on any atom is 0.0226 e. The lowest BCUT2D eigenvalue weighted by Gasteiger charge is -2.10. The average molecular weight is 211 g/mol. The number of benzene rings is 1. The van der Waals surface area contributed by atoms with Crippen LogP contribution in [-0.4, -0.2) is 5.88 Å². The Bertz CT molecular complexity index is 289. The van der Waals surface area contributed by atoms with E-state index in [1.54, 1.807) is 0 Å². The maximum absolute atomic E-state index is 5.71. The summed E-state index contributed by atoms with van der Waals surface area (Å²) in [4.78, 5) is 0. The van der Waals surface area contributed by atoms with E-state index in [1.165, 1.54) is 16.7 Å². The SMILES string of the molecule is Cc1ccc(C(C)C)cc1CCCCl. The van der Waals surface area contributed by atoms with Gasteiger partial charge < -0.3 is 0 Å². The molecule has 1 aromatic rings. The smallest absolute Gasteiger partial charge is 0.0226 e. The monoisotopic (exact) mass is 210 g/mol. The second kappa shape index (κ2) is 5.41. The minimum absolute atomic E-state index is 0.616. The van der Waals surface area contributed by atoms with Crippen LogP contribution in [0.5, 0.6) is 0 Å². The molecule has 0 aliphatic rings. The Kier molecular flexibility index (Phi) is 4.47. The zero-order chi connectivity index (χ0) is 10.6. The van der Waals surface area contributed by atoms with Gasteiger partial charge in [0.25, 0.3) is 0 Å². The molecular formula is C13H19Cl. The van der Waals surface area contributed by atoms with E-state index in [-0.39, 0.29) is 0 Å². The van der Waals surface area contributed by atoms with Crippen LogP contribution in [0.4, 0.5) is 0 Å². The van der Waals surface area contributed by atoms with Gasteiger partial charge in [-0.3, -0.25) is 0 Å². The lowest BCUT2D eigenvalue weighted by atomic mass is 9.96. The van der Waals surface area contributed by atoms with Crippen LogP contribution in [0.15, 0.2) is 18.2 Å². The van der Waals surface area contributed by atoms with Crippen molar-refractivity contribution in [1.82, 2.24) is 0 Å². The quantitative estimate of drug-likeness (QED) is 0.651. The molecule has 1 aromatic carbocycles. The summed E-state index contributed by atoms with van der Waals surface area (Å²) in [5.41, 5.74) is 4.27. The third kappa shape index (κ3) is 3.02. The summed E-state index contributed by atoms with van der Waals surface area (Å²) in [6.45, 7) is 6.64. The predicted molar refractivity (Wildman–Crippen MR) is 64.3 cm³/mol. The van der Waals surface area contributed by atoms with Gasteiger partial charge in [-0.1, -0.05) is 32.0 Å². The molecule has 0 radical (unpaired) electrons. The second-order valence-electron chi connectivity index (χ2n) is 4.13. The molecule has 0 spiro atoms. The Labute approximate surface area is 92.3 Å². The molecule has 0 heterocycles. The number of alkyl halides is 1. The first-order valence-corrected chi connectivity index (χ1v) is 5.84. The number of halogens is 1. The molecule has 1 rings (SSSR count). The number of rotatable bonds is 4. The highest BCUT2D eigenvalue weighted by atomic mass is 35.5. The van der Waals surface area contributed by atoms with Gasteiger partial charge in [-0.05, 0) is 42.4 Å². The highest BCUT2D eigenvalue weighted by Gasteiger charge is 2.03. The molecule has 0 aliphatic carbocycles. The molecule has 0 aromatic heterocycles. The van der Waals surface area contributed by atoms with E-state index >= 15 is 0 Å². The van der Waals surface area contributed by atoms with Gasteiger partial charge in [0.15, 0.2) is 0 Å². The van der Waals surface area contributed by atoms with Crippen molar-refractivity contribution in [2.24, 2.45) is 0 Å². The fourth-order valence-electron chi connectivity index (χ4n) is 1.58. The normalized spacial score (nSPS) is 10.9. The first-order chi connectivity index (χ1) is 6.65. The van der Waals surface area contributed by atoms with Crippen LogP contribution >= 0.6 is 11.6 Å².